The van der Waals surface area contributed by atoms with Crippen LogP contribution in [0.2, 0.25) is 0 Å². The third-order valence-electron chi connectivity index (χ3n) is 3.08. The molecule has 0 saturated heterocycles. The Hall–Kier alpha value is -2.69. The number of nitrogens with two attached hydrogens (primary N) is 1. The second-order valence-electron chi connectivity index (χ2n) is 4.36. The number of methoxy groups -OCH3 is 1. The zero-order valence-corrected chi connectivity index (χ0v) is 11.1. The van der Waals surface area contributed by atoms with E-state index in [2.05, 4.69) is 4.98 Å². The van der Waals surface area contributed by atoms with Crippen molar-refractivity contribution in [1.82, 2.24) is 9.38 Å². The highest BCUT2D eigenvalue weighted by atomic mass is 16.5. The van der Waals surface area contributed by atoms with Crippen LogP contribution in [0.1, 0.15) is 5.69 Å². The molecule has 5 heteroatoms. The highest BCUT2D eigenvalue weighted by Gasteiger charge is 2.06. The molecule has 2 aromatic heterocycles. The third kappa shape index (κ3) is 2.25. The van der Waals surface area contributed by atoms with Gasteiger partial charge in [-0.25, -0.2) is 4.98 Å². The lowest BCUT2D eigenvalue weighted by Gasteiger charge is -2.08. The first-order chi connectivity index (χ1) is 9.78. The molecule has 0 spiro atoms. The Morgan fingerprint density at radius 1 is 1.10 bits per heavy atom. The van der Waals surface area contributed by atoms with Crippen molar-refractivity contribution in [2.24, 2.45) is 0 Å². The Kier molecular flexibility index (Phi) is 3.16. The van der Waals surface area contributed by atoms with Crippen LogP contribution in [0.5, 0.6) is 11.5 Å². The van der Waals surface area contributed by atoms with E-state index in [0.29, 0.717) is 12.4 Å². The minimum atomic E-state index is 0.404. The van der Waals surface area contributed by atoms with Crippen LogP contribution in [0.15, 0.2) is 48.7 Å². The number of nitrogen functional groups attached to an aromatic ring is 1. The molecule has 3 rings (SSSR count). The van der Waals surface area contributed by atoms with Crippen molar-refractivity contribution in [2.75, 3.05) is 12.8 Å². The van der Waals surface area contributed by atoms with Gasteiger partial charge in [0.1, 0.15) is 29.6 Å². The summed E-state index contributed by atoms with van der Waals surface area (Å²) in [6.07, 6.45) is 1.77. The summed E-state index contributed by atoms with van der Waals surface area (Å²) in [5.74, 6) is 2.22. The first-order valence-electron chi connectivity index (χ1n) is 6.25. The Morgan fingerprint density at radius 3 is 2.60 bits per heavy atom. The van der Waals surface area contributed by atoms with Gasteiger partial charge in [-0.2, -0.15) is 0 Å². The maximum atomic E-state index is 5.96. The van der Waals surface area contributed by atoms with E-state index in [1.54, 1.807) is 13.3 Å². The van der Waals surface area contributed by atoms with Crippen molar-refractivity contribution in [1.29, 1.82) is 0 Å². The van der Waals surface area contributed by atoms with Gasteiger partial charge in [0.25, 0.3) is 0 Å². The number of nitrogens with zero attached hydrogens (tertiary/aromatic N) is 2. The molecule has 2 N–H and O–H groups in total. The average molecular weight is 269 g/mol. The Balaban J connectivity index is 1.79. The summed E-state index contributed by atoms with van der Waals surface area (Å²) in [5.41, 5.74) is 7.69. The molecule has 0 unspecified atom stereocenters. The van der Waals surface area contributed by atoms with Crippen LogP contribution in [-0.2, 0) is 6.61 Å². The van der Waals surface area contributed by atoms with Crippen LogP contribution < -0.4 is 15.2 Å². The number of ether oxygens (including phenoxy) is 2. The van der Waals surface area contributed by atoms with Gasteiger partial charge in [0, 0.05) is 0 Å². The normalized spacial score (nSPS) is 10.7. The molecule has 0 saturated carbocycles. The number of pyridine rings is 1. The molecule has 0 amide bonds. The number of fused-ring (bicyclic) bond motifs is 1. The highest BCUT2D eigenvalue weighted by molar-refractivity contribution is 5.49. The van der Waals surface area contributed by atoms with Crippen molar-refractivity contribution < 1.29 is 9.47 Å². The first kappa shape index (κ1) is 12.3. The van der Waals surface area contributed by atoms with Crippen LogP contribution in [-0.4, -0.2) is 16.5 Å². The largest absolute Gasteiger partial charge is 0.497 e. The smallest absolute Gasteiger partial charge is 0.138 e. The highest BCUT2D eigenvalue weighted by Crippen LogP contribution is 2.19. The van der Waals surface area contributed by atoms with E-state index in [9.17, 15) is 0 Å². The molecular formula is C15H15N3O2. The van der Waals surface area contributed by atoms with Gasteiger partial charge in [-0.3, -0.25) is 4.40 Å². The van der Waals surface area contributed by atoms with E-state index in [4.69, 9.17) is 15.2 Å². The van der Waals surface area contributed by atoms with Gasteiger partial charge in [-0.05, 0) is 36.4 Å². The number of benzene rings is 1. The van der Waals surface area contributed by atoms with Gasteiger partial charge in [0.15, 0.2) is 0 Å². The SMILES string of the molecule is COc1ccc(OCc2cnc3cccc(N)n23)cc1. The molecule has 3 aromatic rings. The van der Waals surface area contributed by atoms with Gasteiger partial charge >= 0.3 is 0 Å². The van der Waals surface area contributed by atoms with Crippen molar-refractivity contribution in [3.05, 3.63) is 54.4 Å². The quantitative estimate of drug-likeness (QED) is 0.790. The molecular weight excluding hydrogens is 254 g/mol. The average Bonchev–Trinajstić information content (AvgIpc) is 2.90. The molecule has 0 aliphatic rings. The molecule has 0 bridgehead atoms. The Morgan fingerprint density at radius 2 is 1.85 bits per heavy atom. The van der Waals surface area contributed by atoms with Crippen molar-refractivity contribution in [2.45, 2.75) is 6.61 Å². The zero-order chi connectivity index (χ0) is 13.9. The van der Waals surface area contributed by atoms with E-state index in [0.717, 1.165) is 22.8 Å². The molecule has 0 aliphatic heterocycles. The first-order valence-corrected chi connectivity index (χ1v) is 6.25. The lowest BCUT2D eigenvalue weighted by Crippen LogP contribution is -2.03. The number of rotatable bonds is 4. The second-order valence-corrected chi connectivity index (χ2v) is 4.36. The number of anilines is 1. The molecule has 102 valence electrons. The summed E-state index contributed by atoms with van der Waals surface area (Å²) >= 11 is 0. The molecule has 20 heavy (non-hydrogen) atoms. The van der Waals surface area contributed by atoms with E-state index < -0.39 is 0 Å². The predicted molar refractivity (Wildman–Crippen MR) is 76.9 cm³/mol. The minimum absolute atomic E-state index is 0.404. The van der Waals surface area contributed by atoms with Gasteiger partial charge in [0.05, 0.1) is 19.0 Å². The van der Waals surface area contributed by atoms with Gasteiger partial charge in [-0.1, -0.05) is 6.07 Å². The Labute approximate surface area is 116 Å². The molecule has 0 radical (unpaired) electrons. The van der Waals surface area contributed by atoms with Crippen LogP contribution in [0.4, 0.5) is 5.82 Å². The lowest BCUT2D eigenvalue weighted by atomic mass is 10.3. The van der Waals surface area contributed by atoms with E-state index in [1.165, 1.54) is 0 Å². The maximum absolute atomic E-state index is 5.96. The summed E-state index contributed by atoms with van der Waals surface area (Å²) in [5, 5.41) is 0. The number of hydrogen-bond donors (Lipinski definition) is 1. The zero-order valence-electron chi connectivity index (χ0n) is 11.1. The summed E-state index contributed by atoms with van der Waals surface area (Å²) in [6.45, 7) is 0.404. The molecule has 0 atom stereocenters. The van der Waals surface area contributed by atoms with Gasteiger partial charge in [0.2, 0.25) is 0 Å². The maximum Gasteiger partial charge on any atom is 0.138 e. The van der Waals surface area contributed by atoms with E-state index >= 15 is 0 Å². The summed E-state index contributed by atoms with van der Waals surface area (Å²) in [4.78, 5) is 4.30. The molecule has 5 nitrogen and oxygen atoms in total. The second kappa shape index (κ2) is 5.13. The van der Waals surface area contributed by atoms with Crippen molar-refractivity contribution in [3.8, 4) is 11.5 Å². The van der Waals surface area contributed by atoms with Crippen molar-refractivity contribution in [3.63, 3.8) is 0 Å². The van der Waals surface area contributed by atoms with E-state index in [1.807, 2.05) is 46.9 Å². The fourth-order valence-corrected chi connectivity index (χ4v) is 2.06. The van der Waals surface area contributed by atoms with Crippen LogP contribution in [0.3, 0.4) is 0 Å². The van der Waals surface area contributed by atoms with Crippen LogP contribution >= 0.6 is 0 Å². The molecule has 1 aromatic carbocycles. The number of hydrogen-bond acceptors (Lipinski definition) is 4. The fourth-order valence-electron chi connectivity index (χ4n) is 2.06. The van der Waals surface area contributed by atoms with Crippen LogP contribution in [0.25, 0.3) is 5.65 Å². The fraction of sp³-hybridized carbons (Fsp3) is 0.133. The standard InChI is InChI=1S/C15H15N3O2/c1-19-12-5-7-13(8-6-12)20-10-11-9-17-15-4-2-3-14(16)18(11)15/h2-9H,10,16H2,1H3. The third-order valence-corrected chi connectivity index (χ3v) is 3.08. The molecule has 2 heterocycles. The number of imidazole rings is 1. The van der Waals surface area contributed by atoms with Crippen molar-refractivity contribution >= 4 is 11.5 Å². The minimum Gasteiger partial charge on any atom is -0.497 e. The summed E-state index contributed by atoms with van der Waals surface area (Å²) in [6, 6.07) is 13.1. The topological polar surface area (TPSA) is 61.8 Å². The van der Waals surface area contributed by atoms with Crippen LogP contribution in [0, 0.1) is 0 Å². The van der Waals surface area contributed by atoms with E-state index in [-0.39, 0.29) is 0 Å². The predicted octanol–water partition coefficient (Wildman–Crippen LogP) is 2.50. The monoisotopic (exact) mass is 269 g/mol. The van der Waals surface area contributed by atoms with Gasteiger partial charge in [-0.15, -0.1) is 0 Å². The number of aromatic nitrogens is 2. The summed E-state index contributed by atoms with van der Waals surface area (Å²) < 4.78 is 12.7. The summed E-state index contributed by atoms with van der Waals surface area (Å²) in [7, 11) is 1.64. The van der Waals surface area contributed by atoms with Gasteiger partial charge < -0.3 is 15.2 Å². The molecule has 0 aliphatic carbocycles. The lowest BCUT2D eigenvalue weighted by molar-refractivity contribution is 0.300. The molecule has 0 fully saturated rings. The Bertz CT molecular complexity index is 720.